The summed E-state index contributed by atoms with van der Waals surface area (Å²) in [5.74, 6) is 1.24. The second kappa shape index (κ2) is 19.5. The Morgan fingerprint density at radius 3 is 1.60 bits per heavy atom. The minimum Gasteiger partial charge on any atom is -0.355 e. The molecule has 0 heterocycles. The number of thiol groups is 1. The van der Waals surface area contributed by atoms with Crippen LogP contribution in [0, 0.1) is 0 Å². The van der Waals surface area contributed by atoms with Crippen molar-refractivity contribution in [2.45, 2.75) is 39.0 Å². The highest BCUT2D eigenvalue weighted by Crippen LogP contribution is 2.06. The van der Waals surface area contributed by atoms with Crippen LogP contribution in [-0.4, -0.2) is 64.8 Å². The smallest absolute Gasteiger partial charge is 0.220 e. The summed E-state index contributed by atoms with van der Waals surface area (Å²) in [6, 6.07) is 0. The maximum atomic E-state index is 11.7. The molecule has 0 spiro atoms. The number of carbonyl (C=O) groups excluding carboxylic acids is 5. The highest BCUT2D eigenvalue weighted by Gasteiger charge is 2.05. The number of thioether (sulfide) groups is 2. The van der Waals surface area contributed by atoms with E-state index in [1.165, 1.54) is 12.2 Å². The van der Waals surface area contributed by atoms with Crippen molar-refractivity contribution in [1.29, 1.82) is 0 Å². The van der Waals surface area contributed by atoms with Crippen molar-refractivity contribution in [1.82, 2.24) is 16.0 Å². The zero-order chi connectivity index (χ0) is 22.6. The predicted molar refractivity (Wildman–Crippen MR) is 126 cm³/mol. The zero-order valence-electron chi connectivity index (χ0n) is 17.2. The molecule has 0 radical (unpaired) electrons. The van der Waals surface area contributed by atoms with Gasteiger partial charge < -0.3 is 16.0 Å². The van der Waals surface area contributed by atoms with Gasteiger partial charge in [0.1, 0.15) is 0 Å². The van der Waals surface area contributed by atoms with Gasteiger partial charge in [0.05, 0.1) is 0 Å². The number of unbranched alkanes of at least 4 members (excludes halogenated alkanes) is 1. The molecule has 0 aliphatic rings. The molecule has 3 amide bonds. The van der Waals surface area contributed by atoms with Crippen LogP contribution in [0.2, 0.25) is 0 Å². The standard InChI is InChI=1S/C19H31N3O5S3/c1-2-15(23)21-10-13-29-18(26)7-8-19(27)30-14-11-22-17(25)6-4-3-5-16(24)20-9-12-28/h7-8,28H,2-6,9-14H2,1H3,(H,20,24)(H,21,23)(H,22,25)/b8-7+. The molecule has 0 aromatic rings. The molecule has 0 atom stereocenters. The summed E-state index contributed by atoms with van der Waals surface area (Å²) in [5, 5.41) is 7.59. The summed E-state index contributed by atoms with van der Waals surface area (Å²) >= 11 is 6.06. The van der Waals surface area contributed by atoms with Crippen molar-refractivity contribution in [3.63, 3.8) is 0 Å². The quantitative estimate of drug-likeness (QED) is 0.150. The van der Waals surface area contributed by atoms with Crippen molar-refractivity contribution in [3.8, 4) is 0 Å². The topological polar surface area (TPSA) is 121 Å². The predicted octanol–water partition coefficient (Wildman–Crippen LogP) is 1.31. The van der Waals surface area contributed by atoms with E-state index in [4.69, 9.17) is 0 Å². The zero-order valence-corrected chi connectivity index (χ0v) is 19.8. The first-order valence-electron chi connectivity index (χ1n) is 9.81. The molecular weight excluding hydrogens is 446 g/mol. The molecule has 0 aromatic heterocycles. The Hall–Kier alpha value is -1.46. The first-order chi connectivity index (χ1) is 14.4. The van der Waals surface area contributed by atoms with E-state index in [1.807, 2.05) is 0 Å². The molecule has 170 valence electrons. The molecule has 0 saturated heterocycles. The van der Waals surface area contributed by atoms with E-state index in [2.05, 4.69) is 28.6 Å². The number of nitrogens with one attached hydrogen (secondary N) is 3. The van der Waals surface area contributed by atoms with E-state index in [0.717, 1.165) is 23.5 Å². The van der Waals surface area contributed by atoms with Gasteiger partial charge in [0.2, 0.25) is 28.0 Å². The fraction of sp³-hybridized carbons (Fsp3) is 0.632. The Morgan fingerprint density at radius 2 is 1.17 bits per heavy atom. The second-order valence-electron chi connectivity index (χ2n) is 6.00. The van der Waals surface area contributed by atoms with Gasteiger partial charge in [-0.25, -0.2) is 0 Å². The lowest BCUT2D eigenvalue weighted by Gasteiger charge is -2.05. The monoisotopic (exact) mass is 477 g/mol. The van der Waals surface area contributed by atoms with E-state index in [9.17, 15) is 24.0 Å². The highest BCUT2D eigenvalue weighted by atomic mass is 32.2. The van der Waals surface area contributed by atoms with Gasteiger partial charge in [-0.2, -0.15) is 12.6 Å². The Morgan fingerprint density at radius 1 is 0.733 bits per heavy atom. The van der Waals surface area contributed by atoms with Crippen LogP contribution in [0.5, 0.6) is 0 Å². The lowest BCUT2D eigenvalue weighted by atomic mass is 10.2. The average molecular weight is 478 g/mol. The minimum atomic E-state index is -0.260. The van der Waals surface area contributed by atoms with Crippen LogP contribution in [-0.2, 0) is 24.0 Å². The molecule has 0 saturated carbocycles. The Balaban J connectivity index is 3.70. The summed E-state index contributed by atoms with van der Waals surface area (Å²) in [5.41, 5.74) is 0. The fourth-order valence-corrected chi connectivity index (χ4v) is 3.24. The van der Waals surface area contributed by atoms with Crippen LogP contribution < -0.4 is 16.0 Å². The summed E-state index contributed by atoms with van der Waals surface area (Å²) in [7, 11) is 0. The van der Waals surface area contributed by atoms with Gasteiger partial charge in [-0.15, -0.1) is 0 Å². The van der Waals surface area contributed by atoms with E-state index in [1.54, 1.807) is 6.92 Å². The maximum absolute atomic E-state index is 11.7. The molecule has 0 aromatic carbocycles. The van der Waals surface area contributed by atoms with Crippen LogP contribution >= 0.6 is 36.2 Å². The number of hydrogen-bond donors (Lipinski definition) is 4. The summed E-state index contributed by atoms with van der Waals surface area (Å²) < 4.78 is 0. The third-order valence-electron chi connectivity index (χ3n) is 3.51. The Bertz CT molecular complexity index is 600. The van der Waals surface area contributed by atoms with E-state index in [-0.39, 0.29) is 28.0 Å². The largest absolute Gasteiger partial charge is 0.355 e. The molecule has 11 heteroatoms. The van der Waals surface area contributed by atoms with Crippen LogP contribution in [0.1, 0.15) is 39.0 Å². The lowest BCUT2D eigenvalue weighted by Crippen LogP contribution is -2.26. The highest BCUT2D eigenvalue weighted by molar-refractivity contribution is 8.14. The number of hydrogen-bond acceptors (Lipinski definition) is 8. The van der Waals surface area contributed by atoms with E-state index < -0.39 is 0 Å². The molecule has 3 N–H and O–H groups in total. The molecule has 0 aliphatic carbocycles. The van der Waals surface area contributed by atoms with Gasteiger partial charge >= 0.3 is 0 Å². The maximum Gasteiger partial charge on any atom is 0.220 e. The molecule has 0 rings (SSSR count). The van der Waals surface area contributed by atoms with Gasteiger partial charge in [0, 0.05) is 56.2 Å². The summed E-state index contributed by atoms with van der Waals surface area (Å²) in [6.45, 7) is 3.05. The van der Waals surface area contributed by atoms with Crippen molar-refractivity contribution in [3.05, 3.63) is 12.2 Å². The van der Waals surface area contributed by atoms with Crippen molar-refractivity contribution < 1.29 is 24.0 Å². The Labute approximate surface area is 191 Å². The van der Waals surface area contributed by atoms with Gasteiger partial charge in [0.25, 0.3) is 0 Å². The summed E-state index contributed by atoms with van der Waals surface area (Å²) in [6.07, 6.45) is 4.82. The van der Waals surface area contributed by atoms with Crippen LogP contribution in [0.15, 0.2) is 12.2 Å². The number of amides is 3. The molecule has 0 aliphatic heterocycles. The average Bonchev–Trinajstić information content (AvgIpc) is 2.74. The normalized spacial score (nSPS) is 10.6. The van der Waals surface area contributed by atoms with Gasteiger partial charge in [-0.1, -0.05) is 30.4 Å². The number of rotatable bonds is 16. The second-order valence-corrected chi connectivity index (χ2v) is 8.65. The summed E-state index contributed by atoms with van der Waals surface area (Å²) in [4.78, 5) is 57.5. The fourth-order valence-electron chi connectivity index (χ4n) is 1.98. The molecule has 30 heavy (non-hydrogen) atoms. The van der Waals surface area contributed by atoms with Gasteiger partial charge in [0.15, 0.2) is 0 Å². The van der Waals surface area contributed by atoms with Crippen LogP contribution in [0.4, 0.5) is 0 Å². The SMILES string of the molecule is CCC(=O)NCCSC(=O)/C=C/C(=O)SCCNC(=O)CCCCC(=O)NCCS. The number of carbonyl (C=O) groups is 5. The Kier molecular flexibility index (Phi) is 18.6. The third kappa shape index (κ3) is 18.6. The first kappa shape index (κ1) is 28.5. The van der Waals surface area contributed by atoms with Crippen molar-refractivity contribution >= 4 is 64.1 Å². The van der Waals surface area contributed by atoms with Crippen molar-refractivity contribution in [2.75, 3.05) is 36.9 Å². The van der Waals surface area contributed by atoms with E-state index in [0.29, 0.717) is 69.0 Å². The van der Waals surface area contributed by atoms with Gasteiger partial charge in [-0.05, 0) is 25.0 Å². The van der Waals surface area contributed by atoms with Crippen molar-refractivity contribution in [2.24, 2.45) is 0 Å². The van der Waals surface area contributed by atoms with Gasteiger partial charge in [-0.3, -0.25) is 24.0 Å². The van der Waals surface area contributed by atoms with Crippen LogP contribution in [0.25, 0.3) is 0 Å². The third-order valence-corrected chi connectivity index (χ3v) is 5.39. The molecule has 0 fully saturated rings. The lowest BCUT2D eigenvalue weighted by molar-refractivity contribution is -0.122. The first-order valence-corrected chi connectivity index (χ1v) is 12.4. The molecular formula is C19H31N3O5S3. The minimum absolute atomic E-state index is 0.0347. The van der Waals surface area contributed by atoms with Crippen LogP contribution in [0.3, 0.4) is 0 Å². The van der Waals surface area contributed by atoms with E-state index >= 15 is 0 Å². The molecule has 8 nitrogen and oxygen atoms in total. The molecule has 0 unspecified atom stereocenters. The molecule has 0 bridgehead atoms.